The molecule has 0 saturated carbocycles. The summed E-state index contributed by atoms with van der Waals surface area (Å²) in [6.07, 6.45) is 1.04. The first-order valence-electron chi connectivity index (χ1n) is 8.30. The number of sulfonamides is 1. The van der Waals surface area contributed by atoms with Gasteiger partial charge in [-0.05, 0) is 53.4 Å². The number of amides is 1. The van der Waals surface area contributed by atoms with Gasteiger partial charge >= 0.3 is 0 Å². The first-order chi connectivity index (χ1) is 11.9. The number of rotatable bonds is 8. The Labute approximate surface area is 153 Å². The molecular weight excluding hydrogens is 356 g/mol. The standard InChI is InChI=1S/C18H24N2O3S2/c1-4-20(5-2)25(22,23)17-12-16(8-6-14(17)3)19-18(21)9-7-15-10-11-24-13-15/h6,8,10-13H,4-5,7,9H2,1-3H3,(H,19,21). The zero-order chi connectivity index (χ0) is 18.4. The second-order valence-corrected chi connectivity index (χ2v) is 8.44. The Hall–Kier alpha value is -1.70. The van der Waals surface area contributed by atoms with Crippen molar-refractivity contribution in [2.45, 2.75) is 38.5 Å². The molecule has 1 aromatic heterocycles. The van der Waals surface area contributed by atoms with Crippen LogP contribution in [0.5, 0.6) is 0 Å². The van der Waals surface area contributed by atoms with Crippen LogP contribution in [0, 0.1) is 6.92 Å². The van der Waals surface area contributed by atoms with Crippen molar-refractivity contribution in [1.82, 2.24) is 4.31 Å². The van der Waals surface area contributed by atoms with Crippen LogP contribution in [0.2, 0.25) is 0 Å². The summed E-state index contributed by atoms with van der Waals surface area (Å²) >= 11 is 1.61. The van der Waals surface area contributed by atoms with Crippen molar-refractivity contribution in [2.75, 3.05) is 18.4 Å². The van der Waals surface area contributed by atoms with Gasteiger partial charge in [-0.1, -0.05) is 19.9 Å². The second-order valence-electron chi connectivity index (χ2n) is 5.75. The SMILES string of the molecule is CCN(CC)S(=O)(=O)c1cc(NC(=O)CCc2ccsc2)ccc1C. The number of thiophene rings is 1. The highest BCUT2D eigenvalue weighted by molar-refractivity contribution is 7.89. The summed E-state index contributed by atoms with van der Waals surface area (Å²) in [5.74, 6) is -0.124. The van der Waals surface area contributed by atoms with Crippen LogP contribution < -0.4 is 5.32 Å². The summed E-state index contributed by atoms with van der Waals surface area (Å²) in [7, 11) is -3.55. The van der Waals surface area contributed by atoms with E-state index in [1.807, 2.05) is 30.7 Å². The molecule has 0 unspecified atom stereocenters. The number of hydrogen-bond donors (Lipinski definition) is 1. The molecule has 0 aliphatic heterocycles. The zero-order valence-electron chi connectivity index (χ0n) is 14.8. The van der Waals surface area contributed by atoms with Crippen LogP contribution in [-0.4, -0.2) is 31.7 Å². The second kappa shape index (κ2) is 8.60. The lowest BCUT2D eigenvalue weighted by Gasteiger charge is -2.20. The van der Waals surface area contributed by atoms with Gasteiger partial charge in [0.1, 0.15) is 0 Å². The van der Waals surface area contributed by atoms with Crippen molar-refractivity contribution in [2.24, 2.45) is 0 Å². The minimum absolute atomic E-state index is 0.124. The minimum Gasteiger partial charge on any atom is -0.326 e. The molecule has 0 atom stereocenters. The smallest absolute Gasteiger partial charge is 0.243 e. The van der Waals surface area contributed by atoms with Crippen LogP contribution in [0.25, 0.3) is 0 Å². The molecule has 1 heterocycles. The zero-order valence-corrected chi connectivity index (χ0v) is 16.4. The fourth-order valence-electron chi connectivity index (χ4n) is 2.57. The van der Waals surface area contributed by atoms with Crippen LogP contribution in [0.3, 0.4) is 0 Å². The fourth-order valence-corrected chi connectivity index (χ4v) is 4.99. The molecule has 0 spiro atoms. The molecule has 0 bridgehead atoms. The van der Waals surface area contributed by atoms with Crippen molar-refractivity contribution < 1.29 is 13.2 Å². The van der Waals surface area contributed by atoms with Crippen LogP contribution in [-0.2, 0) is 21.2 Å². The van der Waals surface area contributed by atoms with E-state index in [0.29, 0.717) is 37.2 Å². The number of benzene rings is 1. The molecule has 2 rings (SSSR count). The lowest BCUT2D eigenvalue weighted by Crippen LogP contribution is -2.31. The van der Waals surface area contributed by atoms with Crippen molar-refractivity contribution >= 4 is 33.0 Å². The molecule has 5 nitrogen and oxygen atoms in total. The molecule has 7 heteroatoms. The molecule has 1 aromatic carbocycles. The maximum Gasteiger partial charge on any atom is 0.243 e. The van der Waals surface area contributed by atoms with E-state index in [4.69, 9.17) is 0 Å². The summed E-state index contributed by atoms with van der Waals surface area (Å²) in [5, 5.41) is 6.81. The van der Waals surface area contributed by atoms with Crippen molar-refractivity contribution in [3.63, 3.8) is 0 Å². The Kier molecular flexibility index (Phi) is 6.75. The van der Waals surface area contributed by atoms with E-state index in [1.54, 1.807) is 36.5 Å². The fraction of sp³-hybridized carbons (Fsp3) is 0.389. The van der Waals surface area contributed by atoms with Crippen LogP contribution in [0.1, 0.15) is 31.4 Å². The molecule has 1 N–H and O–H groups in total. The van der Waals surface area contributed by atoms with E-state index in [0.717, 1.165) is 5.56 Å². The molecule has 136 valence electrons. The highest BCUT2D eigenvalue weighted by Gasteiger charge is 2.24. The Morgan fingerprint density at radius 1 is 1.20 bits per heavy atom. The molecular formula is C18H24N2O3S2. The predicted octanol–water partition coefficient (Wildman–Crippen LogP) is 3.66. The third-order valence-corrected chi connectivity index (χ3v) is 6.94. The molecule has 0 radical (unpaired) electrons. The van der Waals surface area contributed by atoms with Gasteiger partial charge in [0.25, 0.3) is 0 Å². The summed E-state index contributed by atoms with van der Waals surface area (Å²) in [6.45, 7) is 6.21. The third-order valence-electron chi connectivity index (χ3n) is 4.02. The lowest BCUT2D eigenvalue weighted by molar-refractivity contribution is -0.116. The quantitative estimate of drug-likeness (QED) is 0.760. The van der Waals surface area contributed by atoms with Crippen LogP contribution >= 0.6 is 11.3 Å². The number of carbonyl (C=O) groups excluding carboxylic acids is 1. The largest absolute Gasteiger partial charge is 0.326 e. The van der Waals surface area contributed by atoms with Crippen molar-refractivity contribution in [3.05, 3.63) is 46.2 Å². The van der Waals surface area contributed by atoms with E-state index in [9.17, 15) is 13.2 Å². The number of anilines is 1. The van der Waals surface area contributed by atoms with Gasteiger partial charge in [-0.3, -0.25) is 4.79 Å². The van der Waals surface area contributed by atoms with Gasteiger partial charge < -0.3 is 5.32 Å². The number of aryl methyl sites for hydroxylation is 2. The molecule has 1 amide bonds. The number of carbonyl (C=O) groups is 1. The third kappa shape index (κ3) is 4.90. The topological polar surface area (TPSA) is 66.5 Å². The molecule has 2 aromatic rings. The van der Waals surface area contributed by atoms with Crippen molar-refractivity contribution in [1.29, 1.82) is 0 Å². The lowest BCUT2D eigenvalue weighted by atomic mass is 10.2. The van der Waals surface area contributed by atoms with Crippen LogP contribution in [0.4, 0.5) is 5.69 Å². The monoisotopic (exact) mass is 380 g/mol. The maximum atomic E-state index is 12.7. The van der Waals surface area contributed by atoms with Crippen molar-refractivity contribution in [3.8, 4) is 0 Å². The van der Waals surface area contributed by atoms with E-state index in [-0.39, 0.29) is 10.8 Å². The van der Waals surface area contributed by atoms with Crippen LogP contribution in [0.15, 0.2) is 39.9 Å². The number of hydrogen-bond acceptors (Lipinski definition) is 4. The van der Waals surface area contributed by atoms with Gasteiger partial charge in [0.2, 0.25) is 15.9 Å². The average Bonchev–Trinajstić information content (AvgIpc) is 3.09. The summed E-state index contributed by atoms with van der Waals surface area (Å²) in [5.41, 5.74) is 2.31. The van der Waals surface area contributed by atoms with Gasteiger partial charge in [0.05, 0.1) is 4.90 Å². The summed E-state index contributed by atoms with van der Waals surface area (Å²) in [6, 6.07) is 7.01. The highest BCUT2D eigenvalue weighted by atomic mass is 32.2. The first-order valence-corrected chi connectivity index (χ1v) is 10.7. The minimum atomic E-state index is -3.55. The average molecular weight is 381 g/mol. The molecule has 0 saturated heterocycles. The normalized spacial score (nSPS) is 11.7. The van der Waals surface area contributed by atoms with Gasteiger partial charge in [0.15, 0.2) is 0 Å². The molecule has 0 fully saturated rings. The van der Waals surface area contributed by atoms with E-state index < -0.39 is 10.0 Å². The van der Waals surface area contributed by atoms with Gasteiger partial charge in [-0.2, -0.15) is 15.6 Å². The van der Waals surface area contributed by atoms with Gasteiger partial charge in [0, 0.05) is 25.2 Å². The van der Waals surface area contributed by atoms with E-state index in [1.165, 1.54) is 4.31 Å². The number of nitrogens with one attached hydrogen (secondary N) is 1. The first kappa shape index (κ1) is 19.6. The molecule has 0 aliphatic carbocycles. The molecule has 0 aliphatic rings. The Morgan fingerprint density at radius 3 is 2.52 bits per heavy atom. The maximum absolute atomic E-state index is 12.7. The van der Waals surface area contributed by atoms with E-state index >= 15 is 0 Å². The Balaban J connectivity index is 2.14. The predicted molar refractivity (Wildman–Crippen MR) is 103 cm³/mol. The Bertz CT molecular complexity index is 811. The van der Waals surface area contributed by atoms with Gasteiger partial charge in [-0.25, -0.2) is 8.42 Å². The highest BCUT2D eigenvalue weighted by Crippen LogP contribution is 2.24. The summed E-state index contributed by atoms with van der Waals surface area (Å²) in [4.78, 5) is 12.4. The Morgan fingerprint density at radius 2 is 1.92 bits per heavy atom. The number of nitrogens with zero attached hydrogens (tertiary/aromatic N) is 1. The summed E-state index contributed by atoms with van der Waals surface area (Å²) < 4.78 is 26.9. The van der Waals surface area contributed by atoms with E-state index in [2.05, 4.69) is 5.32 Å². The van der Waals surface area contributed by atoms with Gasteiger partial charge in [-0.15, -0.1) is 0 Å². The molecule has 25 heavy (non-hydrogen) atoms.